The van der Waals surface area contributed by atoms with Gasteiger partial charge in [-0.1, -0.05) is 0 Å². The van der Waals surface area contributed by atoms with Crippen LogP contribution >= 0.6 is 8.92 Å². The Morgan fingerprint density at radius 3 is 0.950 bits per heavy atom. The van der Waals surface area contributed by atoms with Gasteiger partial charge < -0.3 is 0 Å². The first-order valence-electron chi connectivity index (χ1n) is 14.7. The second-order valence-corrected chi connectivity index (χ2v) is 32.1. The van der Waals surface area contributed by atoms with Gasteiger partial charge >= 0.3 is 261 Å². The zero-order valence-electron chi connectivity index (χ0n) is 25.3. The second kappa shape index (κ2) is 13.8. The fraction of sp³-hybridized carbons (Fsp3) is 0.333. The van der Waals surface area contributed by atoms with E-state index in [-0.39, 0.29) is 0 Å². The van der Waals surface area contributed by atoms with E-state index in [1.54, 1.807) is 0 Å². The molecule has 0 fully saturated rings. The molecule has 4 aromatic rings. The molecule has 0 saturated heterocycles. The number of hydrogen-bond acceptors (Lipinski definition) is 1. The standard InChI is InChI=1S/4C9H11.ClH.O.2Sn/c4*1-8(2)9-6-4-3-5-7-9;;;;/h4*4-8H,1-2H3;1H;;;/q;;;;;;;+1/p-1. The Labute approximate surface area is 258 Å². The molecule has 1 nitrogen and oxygen atoms in total. The predicted molar refractivity (Wildman–Crippen MR) is 179 cm³/mol. The van der Waals surface area contributed by atoms with Gasteiger partial charge in [-0.2, -0.15) is 0 Å². The Morgan fingerprint density at radius 2 is 0.700 bits per heavy atom. The SMILES string of the molecule is CC(C)c1cc[c]([Sn]([O][Sn]([Cl])([c]2ccc(C(C)C)cc2)[c]2ccc(C(C)C)cc2)[c]2ccc(C(C)C)cc2)cc1. The van der Waals surface area contributed by atoms with E-state index in [1.165, 1.54) is 36.6 Å². The summed E-state index contributed by atoms with van der Waals surface area (Å²) >= 11 is -6.96. The summed E-state index contributed by atoms with van der Waals surface area (Å²) < 4.78 is 12.6. The minimum atomic E-state index is -4.06. The van der Waals surface area contributed by atoms with Crippen molar-refractivity contribution in [2.75, 3.05) is 0 Å². The van der Waals surface area contributed by atoms with Crippen LogP contribution in [-0.2, 0) is 1.41 Å². The Morgan fingerprint density at radius 1 is 0.450 bits per heavy atom. The van der Waals surface area contributed by atoms with Gasteiger partial charge in [-0.3, -0.25) is 0 Å². The van der Waals surface area contributed by atoms with E-state index >= 15 is 0 Å². The molecule has 0 saturated carbocycles. The van der Waals surface area contributed by atoms with Crippen LogP contribution in [0.1, 0.15) is 101 Å². The predicted octanol–water partition coefficient (Wildman–Crippen LogP) is 7.80. The summed E-state index contributed by atoms with van der Waals surface area (Å²) in [5.41, 5.74) is 5.37. The molecule has 0 aliphatic carbocycles. The molecule has 0 atom stereocenters. The van der Waals surface area contributed by atoms with Crippen molar-refractivity contribution in [3.05, 3.63) is 119 Å². The number of hydrogen-bond donors (Lipinski definition) is 0. The number of halogens is 1. The molecular weight excluding hydrogens is 721 g/mol. The van der Waals surface area contributed by atoms with Crippen LogP contribution in [0.3, 0.4) is 0 Å². The van der Waals surface area contributed by atoms with Gasteiger partial charge in [-0.15, -0.1) is 0 Å². The average molecular weight is 766 g/mol. The van der Waals surface area contributed by atoms with Gasteiger partial charge in [0.1, 0.15) is 0 Å². The van der Waals surface area contributed by atoms with Crippen molar-refractivity contribution < 1.29 is 1.41 Å². The van der Waals surface area contributed by atoms with Crippen LogP contribution in [0.15, 0.2) is 97.1 Å². The van der Waals surface area contributed by atoms with Gasteiger partial charge in [0.15, 0.2) is 0 Å². The molecule has 0 bridgehead atoms. The summed E-state index contributed by atoms with van der Waals surface area (Å²) in [6.07, 6.45) is 0. The Balaban J connectivity index is 1.85. The number of rotatable bonds is 10. The zero-order valence-corrected chi connectivity index (χ0v) is 31.8. The molecule has 0 N–H and O–H groups in total. The summed E-state index contributed by atoms with van der Waals surface area (Å²) in [5, 5.41) is 0. The van der Waals surface area contributed by atoms with Crippen molar-refractivity contribution in [1.29, 1.82) is 0 Å². The molecule has 0 aromatic heterocycles. The molecule has 0 aliphatic heterocycles. The molecule has 1 radical (unpaired) electrons. The van der Waals surface area contributed by atoms with Crippen molar-refractivity contribution in [2.24, 2.45) is 0 Å². The van der Waals surface area contributed by atoms with Crippen LogP contribution in [0.25, 0.3) is 0 Å². The molecule has 0 spiro atoms. The average Bonchev–Trinajstić information content (AvgIpc) is 2.96. The molecule has 0 unspecified atom stereocenters. The molecular formula is C36H44ClOSn2. The first kappa shape index (κ1) is 31.7. The molecule has 4 rings (SSSR count). The van der Waals surface area contributed by atoms with Crippen LogP contribution in [-0.4, -0.2) is 37.8 Å². The Hall–Kier alpha value is -1.27. The van der Waals surface area contributed by atoms with Crippen LogP contribution in [0.5, 0.6) is 0 Å². The van der Waals surface area contributed by atoms with E-state index in [2.05, 4.69) is 152 Å². The fourth-order valence-electron chi connectivity index (χ4n) is 4.91. The molecule has 209 valence electrons. The minimum absolute atomic E-state index is 0.477. The molecule has 0 amide bonds. The van der Waals surface area contributed by atoms with Gasteiger partial charge in [0.2, 0.25) is 0 Å². The molecule has 0 aliphatic rings. The topological polar surface area (TPSA) is 9.23 Å². The summed E-state index contributed by atoms with van der Waals surface area (Å²) in [7, 11) is 7.95. The van der Waals surface area contributed by atoms with E-state index in [1.807, 2.05) is 0 Å². The zero-order chi connectivity index (χ0) is 29.0. The van der Waals surface area contributed by atoms with E-state index in [9.17, 15) is 0 Å². The summed E-state index contributed by atoms with van der Waals surface area (Å²) in [4.78, 5) is 0. The van der Waals surface area contributed by atoms with Crippen molar-refractivity contribution in [3.63, 3.8) is 0 Å². The molecule has 40 heavy (non-hydrogen) atoms. The normalized spacial score (nSPS) is 12.3. The van der Waals surface area contributed by atoms with Gasteiger partial charge in [0.05, 0.1) is 0 Å². The monoisotopic (exact) mass is 767 g/mol. The van der Waals surface area contributed by atoms with Gasteiger partial charge in [0, 0.05) is 0 Å². The van der Waals surface area contributed by atoms with E-state index < -0.39 is 37.8 Å². The van der Waals surface area contributed by atoms with Gasteiger partial charge in [-0.05, 0) is 0 Å². The summed E-state index contributed by atoms with van der Waals surface area (Å²) in [6.45, 7) is 17.9. The van der Waals surface area contributed by atoms with Gasteiger partial charge in [0.25, 0.3) is 0 Å². The Kier molecular flexibility index (Phi) is 10.9. The first-order valence-corrected chi connectivity index (χ1v) is 26.3. The van der Waals surface area contributed by atoms with Crippen LogP contribution in [0.2, 0.25) is 0 Å². The third kappa shape index (κ3) is 7.38. The second-order valence-electron chi connectivity index (χ2n) is 12.1. The first-order chi connectivity index (χ1) is 19.0. The Bertz CT molecular complexity index is 1250. The maximum absolute atomic E-state index is 7.95. The number of benzene rings is 4. The fourth-order valence-corrected chi connectivity index (χ4v) is 34.6. The van der Waals surface area contributed by atoms with Crippen molar-refractivity contribution >= 4 is 61.1 Å². The van der Waals surface area contributed by atoms with Gasteiger partial charge in [-0.25, -0.2) is 0 Å². The van der Waals surface area contributed by atoms with Crippen molar-refractivity contribution in [1.82, 2.24) is 0 Å². The van der Waals surface area contributed by atoms with Crippen LogP contribution in [0, 0.1) is 0 Å². The quantitative estimate of drug-likeness (QED) is 0.150. The molecule has 4 heteroatoms. The summed E-state index contributed by atoms with van der Waals surface area (Å²) in [6, 6.07) is 36.4. The van der Waals surface area contributed by atoms with Crippen molar-refractivity contribution in [2.45, 2.75) is 79.1 Å². The molecule has 0 heterocycles. The van der Waals surface area contributed by atoms with E-state index in [4.69, 9.17) is 10.3 Å². The van der Waals surface area contributed by atoms with Crippen molar-refractivity contribution in [3.8, 4) is 0 Å². The maximum atomic E-state index is 7.95. The van der Waals surface area contributed by atoms with E-state index in [0.29, 0.717) is 23.7 Å². The third-order valence-electron chi connectivity index (χ3n) is 7.82. The van der Waals surface area contributed by atoms with Crippen LogP contribution in [0.4, 0.5) is 0 Å². The third-order valence-corrected chi connectivity index (χ3v) is 35.9. The summed E-state index contributed by atoms with van der Waals surface area (Å²) in [5.74, 6) is 1.95. The van der Waals surface area contributed by atoms with Crippen LogP contribution < -0.4 is 14.3 Å². The van der Waals surface area contributed by atoms with E-state index in [0.717, 1.165) is 0 Å². The molecule has 4 aromatic carbocycles.